The van der Waals surface area contributed by atoms with E-state index in [2.05, 4.69) is 15.3 Å². The highest BCUT2D eigenvalue weighted by Gasteiger charge is 2.11. The molecule has 0 aromatic carbocycles. The van der Waals surface area contributed by atoms with E-state index in [4.69, 9.17) is 10.2 Å². The fourth-order valence-electron chi connectivity index (χ4n) is 1.35. The van der Waals surface area contributed by atoms with Crippen molar-refractivity contribution in [1.82, 2.24) is 9.97 Å². The lowest BCUT2D eigenvalue weighted by molar-refractivity contribution is 0.453. The van der Waals surface area contributed by atoms with Crippen molar-refractivity contribution in [2.45, 2.75) is 19.9 Å². The molecule has 0 saturated heterocycles. The predicted octanol–water partition coefficient (Wildman–Crippen LogP) is 2.13. The van der Waals surface area contributed by atoms with Crippen LogP contribution in [0.3, 0.4) is 0 Å². The Balaban J connectivity index is 2.07. The first-order valence-corrected chi connectivity index (χ1v) is 5.05. The van der Waals surface area contributed by atoms with Crippen molar-refractivity contribution >= 4 is 11.5 Å². The van der Waals surface area contributed by atoms with Crippen LogP contribution in [0.25, 0.3) is 0 Å². The zero-order valence-electron chi connectivity index (χ0n) is 9.27. The molecule has 0 aliphatic rings. The van der Waals surface area contributed by atoms with Gasteiger partial charge in [-0.25, -0.2) is 9.97 Å². The summed E-state index contributed by atoms with van der Waals surface area (Å²) >= 11 is 0. The third kappa shape index (κ3) is 2.31. The highest BCUT2D eigenvalue weighted by molar-refractivity contribution is 5.44. The quantitative estimate of drug-likeness (QED) is 0.825. The van der Waals surface area contributed by atoms with Crippen molar-refractivity contribution in [3.63, 3.8) is 0 Å². The fourth-order valence-corrected chi connectivity index (χ4v) is 1.35. The third-order valence-electron chi connectivity index (χ3n) is 2.16. The number of hydrogen-bond donors (Lipinski definition) is 2. The molecule has 0 amide bonds. The molecule has 1 atom stereocenters. The molecular weight excluding hydrogens is 204 g/mol. The summed E-state index contributed by atoms with van der Waals surface area (Å²) in [6.45, 7) is 3.83. The fraction of sp³-hybridized carbons (Fsp3) is 0.273. The number of nitrogens with one attached hydrogen (secondary N) is 1. The average molecular weight is 218 g/mol. The molecule has 0 fully saturated rings. The molecule has 84 valence electrons. The zero-order chi connectivity index (χ0) is 11.5. The van der Waals surface area contributed by atoms with Gasteiger partial charge in [0.2, 0.25) is 5.89 Å². The monoisotopic (exact) mass is 218 g/mol. The Labute approximate surface area is 93.7 Å². The van der Waals surface area contributed by atoms with Crippen LogP contribution in [0.15, 0.2) is 28.9 Å². The highest BCUT2D eigenvalue weighted by Crippen LogP contribution is 2.17. The number of aromatic nitrogens is 2. The van der Waals surface area contributed by atoms with Gasteiger partial charge >= 0.3 is 0 Å². The van der Waals surface area contributed by atoms with Crippen molar-refractivity contribution in [1.29, 1.82) is 0 Å². The van der Waals surface area contributed by atoms with Crippen molar-refractivity contribution < 1.29 is 4.42 Å². The average Bonchev–Trinajstić information content (AvgIpc) is 2.68. The van der Waals surface area contributed by atoms with E-state index in [-0.39, 0.29) is 6.04 Å². The summed E-state index contributed by atoms with van der Waals surface area (Å²) in [6.07, 6.45) is 3.31. The van der Waals surface area contributed by atoms with Crippen molar-refractivity contribution in [3.05, 3.63) is 36.2 Å². The lowest BCUT2D eigenvalue weighted by Gasteiger charge is -2.10. The van der Waals surface area contributed by atoms with Gasteiger partial charge in [0.05, 0.1) is 18.1 Å². The van der Waals surface area contributed by atoms with E-state index in [1.54, 1.807) is 18.5 Å². The molecule has 0 saturated carbocycles. The summed E-state index contributed by atoms with van der Waals surface area (Å²) < 4.78 is 5.42. The van der Waals surface area contributed by atoms with E-state index in [1.165, 1.54) is 0 Å². The molecular formula is C11H14N4O. The largest absolute Gasteiger partial charge is 0.444 e. The van der Waals surface area contributed by atoms with Crippen LogP contribution >= 0.6 is 0 Å². The Kier molecular flexibility index (Phi) is 2.76. The predicted molar refractivity (Wildman–Crippen MR) is 61.9 cm³/mol. The van der Waals surface area contributed by atoms with Gasteiger partial charge in [-0.2, -0.15) is 0 Å². The van der Waals surface area contributed by atoms with E-state index in [1.807, 2.05) is 19.9 Å². The van der Waals surface area contributed by atoms with Crippen LogP contribution in [0.5, 0.6) is 0 Å². The molecule has 2 heterocycles. The summed E-state index contributed by atoms with van der Waals surface area (Å²) in [7, 11) is 0. The maximum atomic E-state index is 5.55. The van der Waals surface area contributed by atoms with Crippen molar-refractivity contribution in [3.8, 4) is 0 Å². The van der Waals surface area contributed by atoms with E-state index in [9.17, 15) is 0 Å². The van der Waals surface area contributed by atoms with Crippen LogP contribution in [0.1, 0.15) is 24.6 Å². The number of nitrogens with two attached hydrogens (primary N) is 1. The molecule has 0 aliphatic heterocycles. The number of nitrogens with zero attached hydrogens (tertiary/aromatic N) is 2. The van der Waals surface area contributed by atoms with Crippen LogP contribution in [0, 0.1) is 6.92 Å². The van der Waals surface area contributed by atoms with E-state index < -0.39 is 0 Å². The number of oxazole rings is 1. The Hall–Kier alpha value is -2.04. The summed E-state index contributed by atoms with van der Waals surface area (Å²) in [6, 6.07) is 3.59. The van der Waals surface area contributed by atoms with E-state index >= 15 is 0 Å². The second-order valence-corrected chi connectivity index (χ2v) is 3.65. The van der Waals surface area contributed by atoms with Crippen LogP contribution in [0.2, 0.25) is 0 Å². The number of anilines is 2. The first-order chi connectivity index (χ1) is 7.65. The minimum atomic E-state index is -0.0233. The standard InChI is InChI=1S/C11H14N4O/c1-7-5-14-11(16-7)8(2)15-10-4-3-9(12)6-13-10/h3-6,8H,12H2,1-2H3,(H,13,15). The number of rotatable bonds is 3. The summed E-state index contributed by atoms with van der Waals surface area (Å²) in [5, 5.41) is 3.18. The molecule has 0 spiro atoms. The van der Waals surface area contributed by atoms with Gasteiger partial charge in [-0.1, -0.05) is 0 Å². The van der Waals surface area contributed by atoms with E-state index in [0.717, 1.165) is 11.6 Å². The first kappa shape index (κ1) is 10.5. The molecule has 2 rings (SSSR count). The molecule has 16 heavy (non-hydrogen) atoms. The second-order valence-electron chi connectivity index (χ2n) is 3.65. The third-order valence-corrected chi connectivity index (χ3v) is 2.16. The van der Waals surface area contributed by atoms with Crippen LogP contribution in [-0.4, -0.2) is 9.97 Å². The Morgan fingerprint density at radius 2 is 2.12 bits per heavy atom. The SMILES string of the molecule is Cc1cnc(C(C)Nc2ccc(N)cn2)o1. The Bertz CT molecular complexity index is 463. The molecule has 0 radical (unpaired) electrons. The molecule has 5 heteroatoms. The van der Waals surface area contributed by atoms with E-state index in [0.29, 0.717) is 11.6 Å². The maximum absolute atomic E-state index is 5.55. The molecule has 2 aromatic heterocycles. The summed E-state index contributed by atoms with van der Waals surface area (Å²) in [5.41, 5.74) is 6.19. The van der Waals surface area contributed by atoms with Gasteiger partial charge in [-0.15, -0.1) is 0 Å². The summed E-state index contributed by atoms with van der Waals surface area (Å²) in [4.78, 5) is 8.29. The summed E-state index contributed by atoms with van der Waals surface area (Å²) in [5.74, 6) is 2.20. The van der Waals surface area contributed by atoms with Gasteiger partial charge in [0.15, 0.2) is 0 Å². The van der Waals surface area contributed by atoms with Gasteiger partial charge in [0.25, 0.3) is 0 Å². The zero-order valence-corrected chi connectivity index (χ0v) is 9.27. The smallest absolute Gasteiger partial charge is 0.216 e. The lowest BCUT2D eigenvalue weighted by Crippen LogP contribution is -2.08. The maximum Gasteiger partial charge on any atom is 0.216 e. The number of aryl methyl sites for hydroxylation is 1. The van der Waals surface area contributed by atoms with Gasteiger partial charge in [-0.3, -0.25) is 0 Å². The Morgan fingerprint density at radius 1 is 1.31 bits per heavy atom. The number of nitrogen functional groups attached to an aromatic ring is 1. The first-order valence-electron chi connectivity index (χ1n) is 5.05. The normalized spacial score (nSPS) is 12.4. The molecule has 0 bridgehead atoms. The molecule has 0 aliphatic carbocycles. The molecule has 5 nitrogen and oxygen atoms in total. The van der Waals surface area contributed by atoms with Crippen LogP contribution < -0.4 is 11.1 Å². The van der Waals surface area contributed by atoms with Crippen molar-refractivity contribution in [2.24, 2.45) is 0 Å². The molecule has 3 N–H and O–H groups in total. The molecule has 2 aromatic rings. The number of pyridine rings is 1. The van der Waals surface area contributed by atoms with Crippen LogP contribution in [0.4, 0.5) is 11.5 Å². The minimum absolute atomic E-state index is 0.0233. The van der Waals surface area contributed by atoms with Gasteiger partial charge in [0.1, 0.15) is 17.6 Å². The van der Waals surface area contributed by atoms with Gasteiger partial charge < -0.3 is 15.5 Å². The Morgan fingerprint density at radius 3 is 2.69 bits per heavy atom. The van der Waals surface area contributed by atoms with Crippen LogP contribution in [-0.2, 0) is 0 Å². The topological polar surface area (TPSA) is 77.0 Å². The lowest BCUT2D eigenvalue weighted by atomic mass is 10.3. The minimum Gasteiger partial charge on any atom is -0.444 e. The molecule has 1 unspecified atom stereocenters. The van der Waals surface area contributed by atoms with Gasteiger partial charge in [0, 0.05) is 0 Å². The van der Waals surface area contributed by atoms with Crippen molar-refractivity contribution in [2.75, 3.05) is 11.1 Å². The second kappa shape index (κ2) is 4.22. The number of hydrogen-bond acceptors (Lipinski definition) is 5. The van der Waals surface area contributed by atoms with Gasteiger partial charge in [-0.05, 0) is 26.0 Å². The highest BCUT2D eigenvalue weighted by atomic mass is 16.4.